The molecule has 5 rings (SSSR count). The van der Waals surface area contributed by atoms with Crippen molar-refractivity contribution in [2.24, 2.45) is 0 Å². The minimum absolute atomic E-state index is 0.0246. The van der Waals surface area contributed by atoms with E-state index in [0.717, 1.165) is 24.1 Å². The number of carbonyl (C=O) groups excluding carboxylic acids is 1. The largest absolute Gasteiger partial charge is 0.573 e. The topological polar surface area (TPSA) is 67.8 Å². The number of hydrogen-bond donors (Lipinski definition) is 0. The zero-order valence-corrected chi connectivity index (χ0v) is 18.0. The van der Waals surface area contributed by atoms with Gasteiger partial charge in [0.05, 0.1) is 24.6 Å². The summed E-state index contributed by atoms with van der Waals surface area (Å²) in [6.07, 6.45) is 2.02. The van der Waals surface area contributed by atoms with Crippen LogP contribution in [0.25, 0.3) is 0 Å². The molecule has 1 amide bonds. The summed E-state index contributed by atoms with van der Waals surface area (Å²) in [5.74, 6) is 0.866. The molecule has 1 aromatic heterocycles. The lowest BCUT2D eigenvalue weighted by atomic mass is 10.1. The van der Waals surface area contributed by atoms with Gasteiger partial charge in [-0.05, 0) is 30.5 Å². The van der Waals surface area contributed by atoms with Crippen LogP contribution in [-0.2, 0) is 11.3 Å². The first-order valence-corrected chi connectivity index (χ1v) is 11.2. The van der Waals surface area contributed by atoms with Gasteiger partial charge in [0.2, 0.25) is 11.8 Å². The van der Waals surface area contributed by atoms with Gasteiger partial charge in [0.15, 0.2) is 0 Å². The molecule has 1 aliphatic carbocycles. The number of aromatic nitrogens is 2. The predicted octanol–water partition coefficient (Wildman–Crippen LogP) is 3.51. The smallest absolute Gasteiger partial charge is 0.471 e. The van der Waals surface area contributed by atoms with E-state index in [-0.39, 0.29) is 23.8 Å². The Morgan fingerprint density at radius 3 is 2.52 bits per heavy atom. The van der Waals surface area contributed by atoms with Gasteiger partial charge in [0.1, 0.15) is 11.9 Å². The van der Waals surface area contributed by atoms with E-state index < -0.39 is 6.36 Å². The first-order chi connectivity index (χ1) is 15.8. The van der Waals surface area contributed by atoms with E-state index in [4.69, 9.17) is 4.74 Å². The molecule has 0 radical (unpaired) electrons. The van der Waals surface area contributed by atoms with E-state index in [1.807, 2.05) is 4.90 Å². The molecule has 10 heteroatoms. The van der Waals surface area contributed by atoms with Gasteiger partial charge in [-0.25, -0.2) is 4.98 Å². The van der Waals surface area contributed by atoms with Crippen LogP contribution in [0, 0.1) is 0 Å². The van der Waals surface area contributed by atoms with Crippen molar-refractivity contribution in [1.29, 1.82) is 0 Å². The van der Waals surface area contributed by atoms with Crippen molar-refractivity contribution in [1.82, 2.24) is 19.8 Å². The Bertz CT molecular complexity index is 980. The number of alkyl halides is 3. The lowest BCUT2D eigenvalue weighted by Gasteiger charge is -2.25. The van der Waals surface area contributed by atoms with E-state index in [1.54, 1.807) is 24.5 Å². The molecule has 2 unspecified atom stereocenters. The summed E-state index contributed by atoms with van der Waals surface area (Å²) < 4.78 is 47.0. The van der Waals surface area contributed by atoms with Gasteiger partial charge in [-0.3, -0.25) is 14.7 Å². The number of rotatable bonds is 6. The molecule has 2 aromatic rings. The van der Waals surface area contributed by atoms with Crippen LogP contribution in [0.2, 0.25) is 0 Å². The van der Waals surface area contributed by atoms with Crippen molar-refractivity contribution in [3.63, 3.8) is 0 Å². The summed E-state index contributed by atoms with van der Waals surface area (Å²) in [5, 5.41) is 0. The summed E-state index contributed by atoms with van der Waals surface area (Å²) in [6.45, 7) is 2.35. The molecule has 3 heterocycles. The van der Waals surface area contributed by atoms with Crippen LogP contribution in [0.3, 0.4) is 0 Å². The Morgan fingerprint density at radius 1 is 1.06 bits per heavy atom. The van der Waals surface area contributed by atoms with E-state index in [1.165, 1.54) is 12.1 Å². The molecule has 0 bridgehead atoms. The molecule has 0 N–H and O–H groups in total. The number of amides is 1. The lowest BCUT2D eigenvalue weighted by Crippen LogP contribution is -2.38. The van der Waals surface area contributed by atoms with Crippen LogP contribution in [0.15, 0.2) is 36.7 Å². The average molecular weight is 462 g/mol. The average Bonchev–Trinajstić information content (AvgIpc) is 3.56. The Balaban J connectivity index is 1.18. The van der Waals surface area contributed by atoms with Crippen molar-refractivity contribution < 1.29 is 27.4 Å². The Hall–Kier alpha value is -2.88. The highest BCUT2D eigenvalue weighted by Gasteiger charge is 2.39. The molecule has 1 saturated carbocycles. The summed E-state index contributed by atoms with van der Waals surface area (Å²) in [5.41, 5.74) is 1.87. The van der Waals surface area contributed by atoms with Gasteiger partial charge in [-0.2, -0.15) is 0 Å². The molecule has 33 heavy (non-hydrogen) atoms. The van der Waals surface area contributed by atoms with Crippen molar-refractivity contribution in [3.8, 4) is 11.6 Å². The lowest BCUT2D eigenvalue weighted by molar-refractivity contribution is -0.274. The highest BCUT2D eigenvalue weighted by molar-refractivity contribution is 5.77. The second kappa shape index (κ2) is 8.81. The number of fused-ring (bicyclic) bond motifs is 1. The first kappa shape index (κ1) is 21.9. The molecule has 7 nitrogen and oxygen atoms in total. The second-order valence-electron chi connectivity index (χ2n) is 8.91. The van der Waals surface area contributed by atoms with Crippen LogP contribution in [0.1, 0.15) is 42.9 Å². The van der Waals surface area contributed by atoms with Gasteiger partial charge >= 0.3 is 6.36 Å². The number of nitrogens with zero attached hydrogens (tertiary/aromatic N) is 4. The fraction of sp³-hybridized carbons (Fsp3) is 0.522. The Labute approximate surface area is 189 Å². The number of carbonyl (C=O) groups is 1. The van der Waals surface area contributed by atoms with Gasteiger partial charge in [0.25, 0.3) is 0 Å². The monoisotopic (exact) mass is 462 g/mol. The highest BCUT2D eigenvalue weighted by Crippen LogP contribution is 2.38. The summed E-state index contributed by atoms with van der Waals surface area (Å²) in [6, 6.07) is 5.89. The quantitative estimate of drug-likeness (QED) is 0.655. The first-order valence-electron chi connectivity index (χ1n) is 11.2. The summed E-state index contributed by atoms with van der Waals surface area (Å²) in [7, 11) is 0. The standard InChI is InChI=1S/C23H25F3N4O3/c24-23(25,26)33-18-5-1-15(2-6-18)12-29-8-7-22(31)30-14-19(9-17(30)13-29)32-21-11-27-20(10-28-21)16-3-4-16/h1-2,5-6,10-11,16-17,19H,3-4,7-9,12-14H2. The van der Waals surface area contributed by atoms with Gasteiger partial charge < -0.3 is 14.4 Å². The van der Waals surface area contributed by atoms with Crippen LogP contribution in [0.4, 0.5) is 13.2 Å². The fourth-order valence-electron chi connectivity index (χ4n) is 4.57. The third kappa shape index (κ3) is 5.55. The van der Waals surface area contributed by atoms with Crippen LogP contribution in [0.5, 0.6) is 11.6 Å². The molecule has 1 aromatic carbocycles. The predicted molar refractivity (Wildman–Crippen MR) is 112 cm³/mol. The number of benzene rings is 1. The van der Waals surface area contributed by atoms with Crippen LogP contribution < -0.4 is 9.47 Å². The van der Waals surface area contributed by atoms with Crippen LogP contribution >= 0.6 is 0 Å². The molecular weight excluding hydrogens is 437 g/mol. The fourth-order valence-corrected chi connectivity index (χ4v) is 4.57. The maximum absolute atomic E-state index is 12.7. The van der Waals surface area contributed by atoms with Crippen molar-refractivity contribution >= 4 is 5.91 Å². The zero-order chi connectivity index (χ0) is 23.0. The third-order valence-electron chi connectivity index (χ3n) is 6.30. The van der Waals surface area contributed by atoms with E-state index >= 15 is 0 Å². The van der Waals surface area contributed by atoms with E-state index in [0.29, 0.717) is 50.8 Å². The highest BCUT2D eigenvalue weighted by atomic mass is 19.4. The molecule has 3 aliphatic rings. The van der Waals surface area contributed by atoms with Gasteiger partial charge in [-0.1, -0.05) is 12.1 Å². The minimum Gasteiger partial charge on any atom is -0.471 e. The molecular formula is C23H25F3N4O3. The molecule has 2 aliphatic heterocycles. The number of hydrogen-bond acceptors (Lipinski definition) is 6. The van der Waals surface area contributed by atoms with Crippen molar-refractivity contribution in [2.45, 2.75) is 56.7 Å². The van der Waals surface area contributed by atoms with Gasteiger partial charge in [0, 0.05) is 44.4 Å². The summed E-state index contributed by atoms with van der Waals surface area (Å²) >= 11 is 0. The molecule has 2 saturated heterocycles. The maximum atomic E-state index is 12.7. The van der Waals surface area contributed by atoms with Gasteiger partial charge in [-0.15, -0.1) is 13.2 Å². The summed E-state index contributed by atoms with van der Waals surface area (Å²) in [4.78, 5) is 25.6. The van der Waals surface area contributed by atoms with Crippen LogP contribution in [-0.4, -0.2) is 63.8 Å². The second-order valence-corrected chi connectivity index (χ2v) is 8.91. The molecule has 2 atom stereocenters. The third-order valence-corrected chi connectivity index (χ3v) is 6.30. The van der Waals surface area contributed by atoms with Crippen molar-refractivity contribution in [2.75, 3.05) is 19.6 Å². The van der Waals surface area contributed by atoms with E-state index in [2.05, 4.69) is 19.6 Å². The Morgan fingerprint density at radius 2 is 1.85 bits per heavy atom. The van der Waals surface area contributed by atoms with E-state index in [9.17, 15) is 18.0 Å². The molecule has 0 spiro atoms. The molecule has 3 fully saturated rings. The SMILES string of the molecule is O=C1CCN(Cc2ccc(OC(F)(F)F)cc2)CC2CC(Oc3cnc(C4CC4)cn3)CN12. The number of ether oxygens (including phenoxy) is 2. The number of halogens is 3. The molecule has 176 valence electrons. The minimum atomic E-state index is -4.71. The Kier molecular flexibility index (Phi) is 5.86. The maximum Gasteiger partial charge on any atom is 0.573 e. The zero-order valence-electron chi connectivity index (χ0n) is 18.0. The normalized spacial score (nSPS) is 23.8. The van der Waals surface area contributed by atoms with Crippen molar-refractivity contribution in [3.05, 3.63) is 47.9 Å².